The molecule has 5 heteroatoms. The van der Waals surface area contributed by atoms with Gasteiger partial charge in [-0.1, -0.05) is 30.3 Å². The Morgan fingerprint density at radius 2 is 1.96 bits per heavy atom. The average molecular weight is 354 g/mol. The van der Waals surface area contributed by atoms with E-state index >= 15 is 0 Å². The van der Waals surface area contributed by atoms with Gasteiger partial charge in [0.15, 0.2) is 0 Å². The van der Waals surface area contributed by atoms with Crippen molar-refractivity contribution in [2.24, 2.45) is 0 Å². The summed E-state index contributed by atoms with van der Waals surface area (Å²) < 4.78 is 5.00. The topological polar surface area (TPSA) is 42.4 Å². The summed E-state index contributed by atoms with van der Waals surface area (Å²) in [5, 5.41) is 1.09. The Hall–Kier alpha value is -2.24. The molecule has 0 unspecified atom stereocenters. The van der Waals surface area contributed by atoms with Crippen LogP contribution >= 0.6 is 11.3 Å². The molecule has 0 aliphatic heterocycles. The molecule has 2 heterocycles. The van der Waals surface area contributed by atoms with Crippen LogP contribution in [0, 0.1) is 0 Å². The number of carbonyl (C=O) groups excluding carboxylic acids is 1. The van der Waals surface area contributed by atoms with Crippen molar-refractivity contribution >= 4 is 27.5 Å². The predicted octanol–water partition coefficient (Wildman–Crippen LogP) is 4.03. The van der Waals surface area contributed by atoms with E-state index in [-0.39, 0.29) is 12.4 Å². The highest BCUT2D eigenvalue weighted by Crippen LogP contribution is 2.26. The fourth-order valence-corrected chi connectivity index (χ4v) is 3.86. The molecule has 0 bridgehead atoms. The summed E-state index contributed by atoms with van der Waals surface area (Å²) in [6.07, 6.45) is 2.04. The van der Waals surface area contributed by atoms with Crippen molar-refractivity contribution < 1.29 is 9.53 Å². The van der Waals surface area contributed by atoms with Crippen LogP contribution in [0.5, 0.6) is 0 Å². The standard InChI is InChI=1S/C20H22N2O2S/c1-3-24-19(23)10-16-9-17-11-18(25-20(17)21-12-16)14-22(2)13-15-7-5-4-6-8-15/h4-9,11-12H,3,10,13-14H2,1-2H3. The minimum atomic E-state index is -0.207. The molecule has 0 saturated carbocycles. The fraction of sp³-hybridized carbons (Fsp3) is 0.300. The van der Waals surface area contributed by atoms with E-state index in [1.165, 1.54) is 10.4 Å². The number of ether oxygens (including phenoxy) is 1. The van der Waals surface area contributed by atoms with Crippen LogP contribution in [0.15, 0.2) is 48.7 Å². The zero-order valence-electron chi connectivity index (χ0n) is 14.6. The van der Waals surface area contributed by atoms with E-state index in [0.29, 0.717) is 6.61 Å². The Morgan fingerprint density at radius 3 is 2.72 bits per heavy atom. The van der Waals surface area contributed by atoms with Gasteiger partial charge in [0.25, 0.3) is 0 Å². The largest absolute Gasteiger partial charge is 0.466 e. The van der Waals surface area contributed by atoms with Crippen molar-refractivity contribution in [1.29, 1.82) is 0 Å². The van der Waals surface area contributed by atoms with E-state index in [9.17, 15) is 4.79 Å². The first-order chi connectivity index (χ1) is 12.1. The molecule has 25 heavy (non-hydrogen) atoms. The molecule has 130 valence electrons. The summed E-state index contributed by atoms with van der Waals surface area (Å²) in [4.78, 5) is 20.7. The zero-order chi connectivity index (χ0) is 17.6. The maximum absolute atomic E-state index is 11.6. The molecule has 3 rings (SSSR count). The van der Waals surface area contributed by atoms with E-state index in [4.69, 9.17) is 4.74 Å². The van der Waals surface area contributed by atoms with E-state index in [2.05, 4.69) is 47.3 Å². The lowest BCUT2D eigenvalue weighted by Crippen LogP contribution is -2.16. The van der Waals surface area contributed by atoms with E-state index in [0.717, 1.165) is 28.9 Å². The summed E-state index contributed by atoms with van der Waals surface area (Å²) in [7, 11) is 2.12. The normalized spacial score (nSPS) is 11.2. The lowest BCUT2D eigenvalue weighted by Gasteiger charge is -2.15. The molecule has 0 aliphatic carbocycles. The lowest BCUT2D eigenvalue weighted by atomic mass is 10.2. The van der Waals surface area contributed by atoms with Crippen LogP contribution < -0.4 is 0 Å². The Morgan fingerprint density at radius 1 is 1.16 bits per heavy atom. The number of aromatic nitrogens is 1. The highest BCUT2D eigenvalue weighted by Gasteiger charge is 2.09. The summed E-state index contributed by atoms with van der Waals surface area (Å²) in [5.41, 5.74) is 2.20. The van der Waals surface area contributed by atoms with Crippen molar-refractivity contribution in [3.8, 4) is 0 Å². The molecule has 0 radical (unpaired) electrons. The molecule has 1 aromatic carbocycles. The van der Waals surface area contributed by atoms with Crippen LogP contribution in [0.25, 0.3) is 10.2 Å². The number of esters is 1. The van der Waals surface area contributed by atoms with Gasteiger partial charge in [-0.3, -0.25) is 9.69 Å². The molecular formula is C20H22N2O2S. The molecule has 0 N–H and O–H groups in total. The number of carbonyl (C=O) groups is 1. The number of hydrogen-bond acceptors (Lipinski definition) is 5. The number of pyridine rings is 1. The number of rotatable bonds is 7. The maximum atomic E-state index is 11.6. The van der Waals surface area contributed by atoms with Crippen LogP contribution in [0.2, 0.25) is 0 Å². The third-order valence-corrected chi connectivity index (χ3v) is 4.90. The van der Waals surface area contributed by atoms with Gasteiger partial charge in [0.05, 0.1) is 13.0 Å². The second-order valence-electron chi connectivity index (χ2n) is 6.09. The number of fused-ring (bicyclic) bond motifs is 1. The van der Waals surface area contributed by atoms with Crippen LogP contribution in [0.1, 0.15) is 22.9 Å². The number of thiophene rings is 1. The Bertz CT molecular complexity index is 845. The van der Waals surface area contributed by atoms with Crippen molar-refractivity contribution in [2.75, 3.05) is 13.7 Å². The Balaban J connectivity index is 1.67. The molecule has 4 nitrogen and oxygen atoms in total. The van der Waals surface area contributed by atoms with Crippen molar-refractivity contribution in [3.05, 3.63) is 64.7 Å². The zero-order valence-corrected chi connectivity index (χ0v) is 15.4. The molecule has 0 spiro atoms. The third kappa shape index (κ3) is 4.87. The van der Waals surface area contributed by atoms with Crippen molar-refractivity contribution in [1.82, 2.24) is 9.88 Å². The van der Waals surface area contributed by atoms with Gasteiger partial charge in [0, 0.05) is 29.5 Å². The number of benzene rings is 1. The van der Waals surface area contributed by atoms with Crippen molar-refractivity contribution in [2.45, 2.75) is 26.4 Å². The molecular weight excluding hydrogens is 332 g/mol. The van der Waals surface area contributed by atoms with Crippen LogP contribution in [0.3, 0.4) is 0 Å². The lowest BCUT2D eigenvalue weighted by molar-refractivity contribution is -0.142. The van der Waals surface area contributed by atoms with Gasteiger partial charge in [-0.2, -0.15) is 0 Å². The predicted molar refractivity (Wildman–Crippen MR) is 102 cm³/mol. The summed E-state index contributed by atoms with van der Waals surface area (Å²) in [6, 6.07) is 14.7. The first-order valence-electron chi connectivity index (χ1n) is 8.39. The minimum absolute atomic E-state index is 0.207. The maximum Gasteiger partial charge on any atom is 0.310 e. The smallest absolute Gasteiger partial charge is 0.310 e. The van der Waals surface area contributed by atoms with Gasteiger partial charge in [-0.05, 0) is 37.2 Å². The highest BCUT2D eigenvalue weighted by atomic mass is 32.1. The minimum Gasteiger partial charge on any atom is -0.466 e. The van der Waals surface area contributed by atoms with E-state index in [1.807, 2.05) is 19.1 Å². The fourth-order valence-electron chi connectivity index (χ4n) is 2.80. The van der Waals surface area contributed by atoms with Gasteiger partial charge in [-0.25, -0.2) is 4.98 Å². The highest BCUT2D eigenvalue weighted by molar-refractivity contribution is 7.18. The monoisotopic (exact) mass is 354 g/mol. The van der Waals surface area contributed by atoms with Gasteiger partial charge >= 0.3 is 5.97 Å². The summed E-state index contributed by atoms with van der Waals surface area (Å²) in [5.74, 6) is -0.207. The van der Waals surface area contributed by atoms with Crippen LogP contribution in [-0.4, -0.2) is 29.5 Å². The van der Waals surface area contributed by atoms with Gasteiger partial charge in [-0.15, -0.1) is 11.3 Å². The Kier molecular flexibility index (Phi) is 5.79. The molecule has 0 aliphatic rings. The van der Waals surface area contributed by atoms with Gasteiger partial charge < -0.3 is 4.74 Å². The molecule has 0 saturated heterocycles. The van der Waals surface area contributed by atoms with E-state index in [1.54, 1.807) is 17.5 Å². The Labute approximate surface area is 152 Å². The second-order valence-corrected chi connectivity index (χ2v) is 7.21. The number of nitrogens with zero attached hydrogens (tertiary/aromatic N) is 2. The number of hydrogen-bond donors (Lipinski definition) is 0. The quantitative estimate of drug-likeness (QED) is 0.601. The molecule has 0 fully saturated rings. The van der Waals surface area contributed by atoms with Crippen molar-refractivity contribution in [3.63, 3.8) is 0 Å². The SMILES string of the molecule is CCOC(=O)Cc1cnc2sc(CN(C)Cc3ccccc3)cc2c1. The molecule has 0 amide bonds. The van der Waals surface area contributed by atoms with Crippen LogP contribution in [0.4, 0.5) is 0 Å². The summed E-state index contributed by atoms with van der Waals surface area (Å²) in [6.45, 7) is 4.01. The van der Waals surface area contributed by atoms with E-state index < -0.39 is 0 Å². The average Bonchev–Trinajstić information content (AvgIpc) is 2.97. The second kappa shape index (κ2) is 8.23. The van der Waals surface area contributed by atoms with Crippen LogP contribution in [-0.2, 0) is 29.0 Å². The molecule has 3 aromatic rings. The van der Waals surface area contributed by atoms with Gasteiger partial charge in [0.1, 0.15) is 4.83 Å². The first-order valence-corrected chi connectivity index (χ1v) is 9.21. The van der Waals surface area contributed by atoms with Gasteiger partial charge in [0.2, 0.25) is 0 Å². The first kappa shape index (κ1) is 17.6. The molecule has 2 aromatic heterocycles. The summed E-state index contributed by atoms with van der Waals surface area (Å²) >= 11 is 1.71. The third-order valence-electron chi connectivity index (χ3n) is 3.85. The molecule has 0 atom stereocenters.